The fraction of sp³-hybridized carbons (Fsp3) is 0.176. The summed E-state index contributed by atoms with van der Waals surface area (Å²) in [5.74, 6) is -1.53. The maximum atomic E-state index is 11.6. The standard InChI is InChI=1S/C17H17NO3/c1-12(18-16(19)9-10-17(20)21)11-14-7-4-6-13-5-2-3-8-15(13)14/h2-10,12H,11H2,1H3,(H,18,19)(H,20,21)/b10-9-/t12-/m0/s1. The van der Waals surface area contributed by atoms with Crippen molar-refractivity contribution >= 4 is 22.6 Å². The molecule has 0 aliphatic rings. The summed E-state index contributed by atoms with van der Waals surface area (Å²) in [6.07, 6.45) is 2.55. The van der Waals surface area contributed by atoms with Gasteiger partial charge in [-0.15, -0.1) is 0 Å². The van der Waals surface area contributed by atoms with Crippen LogP contribution in [0.3, 0.4) is 0 Å². The lowest BCUT2D eigenvalue weighted by atomic mass is 9.99. The fourth-order valence-electron chi connectivity index (χ4n) is 2.29. The molecule has 0 fully saturated rings. The molecule has 0 bridgehead atoms. The first kappa shape index (κ1) is 14.8. The normalized spacial score (nSPS) is 12.4. The maximum absolute atomic E-state index is 11.6. The number of benzene rings is 2. The lowest BCUT2D eigenvalue weighted by Crippen LogP contribution is -2.32. The average Bonchev–Trinajstić information content (AvgIpc) is 2.45. The monoisotopic (exact) mass is 283 g/mol. The molecule has 2 aromatic rings. The van der Waals surface area contributed by atoms with E-state index in [4.69, 9.17) is 5.11 Å². The van der Waals surface area contributed by atoms with Crippen LogP contribution in [0.15, 0.2) is 54.6 Å². The first-order valence-corrected chi connectivity index (χ1v) is 6.74. The van der Waals surface area contributed by atoms with Gasteiger partial charge in [-0.25, -0.2) is 4.79 Å². The summed E-state index contributed by atoms with van der Waals surface area (Å²) < 4.78 is 0. The van der Waals surface area contributed by atoms with Crippen LogP contribution >= 0.6 is 0 Å². The molecule has 1 amide bonds. The Hall–Kier alpha value is -2.62. The van der Waals surface area contributed by atoms with E-state index in [2.05, 4.69) is 23.5 Å². The van der Waals surface area contributed by atoms with Crippen LogP contribution in [0.1, 0.15) is 12.5 Å². The van der Waals surface area contributed by atoms with Crippen molar-refractivity contribution in [2.24, 2.45) is 0 Å². The minimum Gasteiger partial charge on any atom is -0.478 e. The van der Waals surface area contributed by atoms with E-state index in [0.29, 0.717) is 6.42 Å². The lowest BCUT2D eigenvalue weighted by Gasteiger charge is -2.14. The Morgan fingerprint density at radius 3 is 2.62 bits per heavy atom. The molecule has 0 saturated heterocycles. The highest BCUT2D eigenvalue weighted by molar-refractivity contribution is 5.94. The number of amides is 1. The van der Waals surface area contributed by atoms with Crippen LogP contribution in [0.2, 0.25) is 0 Å². The third-order valence-corrected chi connectivity index (χ3v) is 3.17. The van der Waals surface area contributed by atoms with Crippen LogP contribution in [0.4, 0.5) is 0 Å². The van der Waals surface area contributed by atoms with E-state index in [1.165, 1.54) is 10.8 Å². The summed E-state index contributed by atoms with van der Waals surface area (Å²) in [5, 5.41) is 13.6. The molecule has 2 N–H and O–H groups in total. The Bertz CT molecular complexity index is 686. The van der Waals surface area contributed by atoms with Crippen molar-refractivity contribution in [2.45, 2.75) is 19.4 Å². The van der Waals surface area contributed by atoms with Gasteiger partial charge in [0.15, 0.2) is 0 Å². The largest absolute Gasteiger partial charge is 0.478 e. The summed E-state index contributed by atoms with van der Waals surface area (Å²) >= 11 is 0. The van der Waals surface area contributed by atoms with Gasteiger partial charge in [0.1, 0.15) is 0 Å². The summed E-state index contributed by atoms with van der Waals surface area (Å²) in [7, 11) is 0. The van der Waals surface area contributed by atoms with Gasteiger partial charge in [-0.1, -0.05) is 42.5 Å². The molecule has 0 saturated carbocycles. The zero-order valence-corrected chi connectivity index (χ0v) is 11.7. The highest BCUT2D eigenvalue weighted by Gasteiger charge is 2.08. The molecule has 4 nitrogen and oxygen atoms in total. The second-order valence-corrected chi connectivity index (χ2v) is 4.92. The van der Waals surface area contributed by atoms with Crippen molar-refractivity contribution in [1.29, 1.82) is 0 Å². The van der Waals surface area contributed by atoms with Crippen LogP contribution in [0, 0.1) is 0 Å². The van der Waals surface area contributed by atoms with E-state index in [-0.39, 0.29) is 6.04 Å². The highest BCUT2D eigenvalue weighted by atomic mass is 16.4. The van der Waals surface area contributed by atoms with Gasteiger partial charge in [0.2, 0.25) is 5.91 Å². The van der Waals surface area contributed by atoms with Crippen LogP contribution < -0.4 is 5.32 Å². The van der Waals surface area contributed by atoms with E-state index >= 15 is 0 Å². The summed E-state index contributed by atoms with van der Waals surface area (Å²) in [6, 6.07) is 14.1. The highest BCUT2D eigenvalue weighted by Crippen LogP contribution is 2.19. The molecular weight excluding hydrogens is 266 g/mol. The molecule has 0 radical (unpaired) electrons. The molecule has 21 heavy (non-hydrogen) atoms. The third-order valence-electron chi connectivity index (χ3n) is 3.17. The van der Waals surface area contributed by atoms with Crippen LogP contribution in [-0.4, -0.2) is 23.0 Å². The van der Waals surface area contributed by atoms with Crippen LogP contribution in [0.25, 0.3) is 10.8 Å². The molecular formula is C17H17NO3. The number of fused-ring (bicyclic) bond motifs is 1. The SMILES string of the molecule is C[C@@H](Cc1cccc2ccccc12)NC(=O)/C=C\C(=O)O. The van der Waals surface area contributed by atoms with Gasteiger partial charge in [-0.05, 0) is 29.7 Å². The molecule has 0 aliphatic carbocycles. The maximum Gasteiger partial charge on any atom is 0.328 e. The second kappa shape index (κ2) is 6.70. The first-order chi connectivity index (χ1) is 10.1. The third kappa shape index (κ3) is 4.18. The predicted octanol–water partition coefficient (Wildman–Crippen LogP) is 2.53. The number of hydrogen-bond donors (Lipinski definition) is 2. The number of aliphatic carboxylic acids is 1. The summed E-state index contributed by atoms with van der Waals surface area (Å²) in [6.45, 7) is 1.90. The van der Waals surface area contributed by atoms with Gasteiger partial charge in [0.25, 0.3) is 0 Å². The van der Waals surface area contributed by atoms with Gasteiger partial charge in [-0.2, -0.15) is 0 Å². The minimum absolute atomic E-state index is 0.0817. The van der Waals surface area contributed by atoms with Gasteiger partial charge >= 0.3 is 5.97 Å². The molecule has 0 aromatic heterocycles. The van der Waals surface area contributed by atoms with Crippen molar-refractivity contribution < 1.29 is 14.7 Å². The van der Waals surface area contributed by atoms with Crippen LogP contribution in [0.5, 0.6) is 0 Å². The van der Waals surface area contributed by atoms with Gasteiger partial charge in [0, 0.05) is 18.2 Å². The molecule has 2 rings (SSSR count). The zero-order chi connectivity index (χ0) is 15.2. The summed E-state index contributed by atoms with van der Waals surface area (Å²) in [5.41, 5.74) is 1.16. The Morgan fingerprint density at radius 2 is 1.86 bits per heavy atom. The van der Waals surface area contributed by atoms with Gasteiger partial charge < -0.3 is 10.4 Å². The van der Waals surface area contributed by atoms with E-state index in [9.17, 15) is 9.59 Å². The number of carboxylic acids is 1. The van der Waals surface area contributed by atoms with Crippen molar-refractivity contribution in [3.63, 3.8) is 0 Å². The number of carbonyl (C=O) groups excluding carboxylic acids is 1. The van der Waals surface area contributed by atoms with Crippen molar-refractivity contribution in [2.75, 3.05) is 0 Å². The van der Waals surface area contributed by atoms with Crippen LogP contribution in [-0.2, 0) is 16.0 Å². The molecule has 0 unspecified atom stereocenters. The second-order valence-electron chi connectivity index (χ2n) is 4.92. The minimum atomic E-state index is -1.13. The Morgan fingerprint density at radius 1 is 1.14 bits per heavy atom. The van der Waals surface area contributed by atoms with E-state index in [0.717, 1.165) is 17.7 Å². The Kier molecular flexibility index (Phi) is 4.72. The summed E-state index contributed by atoms with van der Waals surface area (Å²) in [4.78, 5) is 21.9. The van der Waals surface area contributed by atoms with Gasteiger partial charge in [-0.3, -0.25) is 4.79 Å². The Labute approximate surface area is 123 Å². The molecule has 0 heterocycles. The molecule has 1 atom stereocenters. The zero-order valence-electron chi connectivity index (χ0n) is 11.7. The first-order valence-electron chi connectivity index (χ1n) is 6.74. The molecule has 0 spiro atoms. The molecule has 0 aliphatic heterocycles. The van der Waals surface area contributed by atoms with Crippen molar-refractivity contribution in [3.05, 3.63) is 60.2 Å². The van der Waals surface area contributed by atoms with E-state index in [1.54, 1.807) is 0 Å². The molecule has 2 aromatic carbocycles. The lowest BCUT2D eigenvalue weighted by molar-refractivity contribution is -0.131. The Balaban J connectivity index is 2.06. The topological polar surface area (TPSA) is 66.4 Å². The number of hydrogen-bond acceptors (Lipinski definition) is 2. The van der Waals surface area contributed by atoms with Crippen molar-refractivity contribution in [3.8, 4) is 0 Å². The van der Waals surface area contributed by atoms with Gasteiger partial charge in [0.05, 0.1) is 0 Å². The average molecular weight is 283 g/mol. The van der Waals surface area contributed by atoms with E-state index < -0.39 is 11.9 Å². The fourth-order valence-corrected chi connectivity index (χ4v) is 2.29. The quantitative estimate of drug-likeness (QED) is 0.829. The van der Waals surface area contributed by atoms with E-state index in [1.807, 2.05) is 31.2 Å². The number of carbonyl (C=O) groups is 2. The predicted molar refractivity (Wildman–Crippen MR) is 82.0 cm³/mol. The smallest absolute Gasteiger partial charge is 0.328 e. The number of carboxylic acid groups (broad SMARTS) is 1. The molecule has 108 valence electrons. The molecule has 4 heteroatoms. The number of nitrogens with one attached hydrogen (secondary N) is 1. The number of rotatable bonds is 5. The van der Waals surface area contributed by atoms with Crippen molar-refractivity contribution in [1.82, 2.24) is 5.32 Å².